The van der Waals surface area contributed by atoms with Gasteiger partial charge in [0.2, 0.25) is 0 Å². The van der Waals surface area contributed by atoms with Gasteiger partial charge in [0.25, 0.3) is 0 Å². The maximum absolute atomic E-state index is 3.88. The Labute approximate surface area is 75.9 Å². The fourth-order valence-electron chi connectivity index (χ4n) is 0.797. The van der Waals surface area contributed by atoms with Crippen molar-refractivity contribution in [3.63, 3.8) is 0 Å². The summed E-state index contributed by atoms with van der Waals surface area (Å²) in [5.41, 5.74) is 3.51. The van der Waals surface area contributed by atoms with Gasteiger partial charge in [-0.05, 0) is 39.3 Å². The van der Waals surface area contributed by atoms with Crippen LogP contribution >= 0.6 is 0 Å². The highest BCUT2D eigenvalue weighted by atomic mass is 14.9. The molecule has 12 heavy (non-hydrogen) atoms. The Bertz CT molecular complexity index is 209. The maximum atomic E-state index is 3.88. The number of nitrogens with one attached hydrogen (secondary N) is 1. The van der Waals surface area contributed by atoms with E-state index in [-0.39, 0.29) is 0 Å². The molecule has 0 radical (unpaired) electrons. The minimum absolute atomic E-state index is 0.958. The zero-order valence-corrected chi connectivity index (χ0v) is 8.57. The zero-order chi connectivity index (χ0) is 9.56. The third-order valence-electron chi connectivity index (χ3n) is 1.74. The third kappa shape index (κ3) is 4.02. The summed E-state index contributed by atoms with van der Waals surface area (Å²) in [6, 6.07) is 0. The van der Waals surface area contributed by atoms with Crippen molar-refractivity contribution in [1.29, 1.82) is 0 Å². The first-order valence-electron chi connectivity index (χ1n) is 4.36. The lowest BCUT2D eigenvalue weighted by Gasteiger charge is -2.05. The van der Waals surface area contributed by atoms with Gasteiger partial charge in [0.05, 0.1) is 0 Å². The average molecular weight is 165 g/mol. The Morgan fingerprint density at radius 3 is 2.33 bits per heavy atom. The molecule has 0 spiro atoms. The molecule has 0 aliphatic carbocycles. The van der Waals surface area contributed by atoms with Crippen molar-refractivity contribution in [2.75, 3.05) is 6.54 Å². The molecule has 0 heterocycles. The van der Waals surface area contributed by atoms with E-state index in [0.717, 1.165) is 17.8 Å². The van der Waals surface area contributed by atoms with Crippen LogP contribution in [0, 0.1) is 0 Å². The minimum Gasteiger partial charge on any atom is -0.386 e. The summed E-state index contributed by atoms with van der Waals surface area (Å²) in [4.78, 5) is 0. The van der Waals surface area contributed by atoms with E-state index >= 15 is 0 Å². The van der Waals surface area contributed by atoms with E-state index in [0.29, 0.717) is 0 Å². The van der Waals surface area contributed by atoms with Gasteiger partial charge in [-0.1, -0.05) is 18.2 Å². The lowest BCUT2D eigenvalue weighted by atomic mass is 10.1. The van der Waals surface area contributed by atoms with Crippen molar-refractivity contribution in [2.45, 2.75) is 27.7 Å². The Kier molecular flexibility index (Phi) is 5.18. The molecule has 0 saturated carbocycles. The van der Waals surface area contributed by atoms with Gasteiger partial charge in [0.1, 0.15) is 0 Å². The van der Waals surface area contributed by atoms with Crippen LogP contribution in [0.3, 0.4) is 0 Å². The Hall–Kier alpha value is -0.980. The molecule has 0 aliphatic rings. The standard InChI is InChI=1S/C11H19N/c1-6-11(12-7-2)8-10(5)9(3)4/h6,8,12H,3,7H2,1-2,4-5H3/b10-8-,11-6?. The lowest BCUT2D eigenvalue weighted by molar-refractivity contribution is 0.874. The molecule has 0 fully saturated rings. The number of likely N-dealkylation sites (N-methyl/N-ethyl adjacent to an activating group) is 1. The fourth-order valence-corrected chi connectivity index (χ4v) is 0.797. The van der Waals surface area contributed by atoms with Crippen molar-refractivity contribution in [2.24, 2.45) is 0 Å². The molecule has 0 aliphatic heterocycles. The summed E-state index contributed by atoms with van der Waals surface area (Å²) in [7, 11) is 0. The predicted molar refractivity (Wildman–Crippen MR) is 56.0 cm³/mol. The highest BCUT2D eigenvalue weighted by molar-refractivity contribution is 5.31. The summed E-state index contributed by atoms with van der Waals surface area (Å²) in [6.45, 7) is 13.0. The van der Waals surface area contributed by atoms with Crippen LogP contribution < -0.4 is 5.32 Å². The van der Waals surface area contributed by atoms with Gasteiger partial charge in [-0.25, -0.2) is 0 Å². The molecule has 0 rings (SSSR count). The maximum Gasteiger partial charge on any atom is 0.0299 e. The van der Waals surface area contributed by atoms with E-state index in [9.17, 15) is 0 Å². The smallest absolute Gasteiger partial charge is 0.0299 e. The molecule has 0 aromatic carbocycles. The first-order valence-corrected chi connectivity index (χ1v) is 4.36. The van der Waals surface area contributed by atoms with E-state index in [1.54, 1.807) is 0 Å². The van der Waals surface area contributed by atoms with Crippen LogP contribution in [0.5, 0.6) is 0 Å². The highest BCUT2D eigenvalue weighted by Gasteiger charge is 1.91. The SMILES string of the molecule is C=C(C)/C(C)=C\C(=CC)NCC. The molecule has 1 N–H and O–H groups in total. The first kappa shape index (κ1) is 11.0. The van der Waals surface area contributed by atoms with Gasteiger partial charge >= 0.3 is 0 Å². The molecule has 0 aromatic rings. The molecular formula is C11H19N. The van der Waals surface area contributed by atoms with Crippen LogP contribution in [-0.4, -0.2) is 6.54 Å². The van der Waals surface area contributed by atoms with Gasteiger partial charge in [0.15, 0.2) is 0 Å². The van der Waals surface area contributed by atoms with E-state index in [1.807, 2.05) is 13.8 Å². The molecule has 0 aromatic heterocycles. The van der Waals surface area contributed by atoms with E-state index < -0.39 is 0 Å². The largest absolute Gasteiger partial charge is 0.386 e. The summed E-state index contributed by atoms with van der Waals surface area (Å²) in [6.07, 6.45) is 4.18. The fraction of sp³-hybridized carbons (Fsp3) is 0.455. The Morgan fingerprint density at radius 2 is 2.00 bits per heavy atom. The van der Waals surface area contributed by atoms with Crippen LogP contribution in [0.25, 0.3) is 0 Å². The van der Waals surface area contributed by atoms with Crippen LogP contribution in [0.1, 0.15) is 27.7 Å². The summed E-state index contributed by atoms with van der Waals surface area (Å²) >= 11 is 0. The Morgan fingerprint density at radius 1 is 1.42 bits per heavy atom. The molecule has 1 heteroatoms. The van der Waals surface area contributed by atoms with Gasteiger partial charge < -0.3 is 5.32 Å². The monoisotopic (exact) mass is 165 g/mol. The second kappa shape index (κ2) is 5.64. The highest BCUT2D eigenvalue weighted by Crippen LogP contribution is 2.07. The predicted octanol–water partition coefficient (Wildman–Crippen LogP) is 3.02. The van der Waals surface area contributed by atoms with Crippen molar-refractivity contribution in [1.82, 2.24) is 5.32 Å². The Balaban J connectivity index is 4.37. The number of rotatable bonds is 4. The number of allylic oxidation sites excluding steroid dienone is 4. The molecule has 0 amide bonds. The average Bonchev–Trinajstić information content (AvgIpc) is 2.03. The molecule has 0 atom stereocenters. The van der Waals surface area contributed by atoms with E-state index in [2.05, 4.69) is 37.9 Å². The molecule has 1 nitrogen and oxygen atoms in total. The van der Waals surface area contributed by atoms with E-state index in [4.69, 9.17) is 0 Å². The van der Waals surface area contributed by atoms with Gasteiger partial charge in [-0.2, -0.15) is 0 Å². The second-order valence-corrected chi connectivity index (χ2v) is 2.88. The van der Waals surface area contributed by atoms with Gasteiger partial charge in [0, 0.05) is 12.2 Å². The summed E-state index contributed by atoms with van der Waals surface area (Å²) < 4.78 is 0. The van der Waals surface area contributed by atoms with Crippen molar-refractivity contribution >= 4 is 0 Å². The van der Waals surface area contributed by atoms with Gasteiger partial charge in [-0.15, -0.1) is 0 Å². The van der Waals surface area contributed by atoms with Crippen molar-refractivity contribution in [3.8, 4) is 0 Å². The zero-order valence-electron chi connectivity index (χ0n) is 8.57. The number of hydrogen-bond donors (Lipinski definition) is 1. The van der Waals surface area contributed by atoms with Crippen LogP contribution in [0.4, 0.5) is 0 Å². The summed E-state index contributed by atoms with van der Waals surface area (Å²) in [5.74, 6) is 0. The van der Waals surface area contributed by atoms with Crippen LogP contribution in [0.2, 0.25) is 0 Å². The molecule has 0 saturated heterocycles. The summed E-state index contributed by atoms with van der Waals surface area (Å²) in [5, 5.41) is 3.26. The molecule has 68 valence electrons. The molecule has 0 unspecified atom stereocenters. The topological polar surface area (TPSA) is 12.0 Å². The lowest BCUT2D eigenvalue weighted by Crippen LogP contribution is -2.10. The normalized spacial score (nSPS) is 13.0. The molecule has 0 bridgehead atoms. The van der Waals surface area contributed by atoms with Crippen molar-refractivity contribution in [3.05, 3.63) is 35.6 Å². The molecular weight excluding hydrogens is 146 g/mol. The number of hydrogen-bond acceptors (Lipinski definition) is 1. The van der Waals surface area contributed by atoms with Crippen molar-refractivity contribution < 1.29 is 0 Å². The second-order valence-electron chi connectivity index (χ2n) is 2.88. The minimum atomic E-state index is 0.958. The van der Waals surface area contributed by atoms with E-state index in [1.165, 1.54) is 5.57 Å². The quantitative estimate of drug-likeness (QED) is 0.631. The first-order chi connectivity index (χ1) is 5.61. The van der Waals surface area contributed by atoms with Crippen LogP contribution in [0.15, 0.2) is 35.6 Å². The third-order valence-corrected chi connectivity index (χ3v) is 1.74. The van der Waals surface area contributed by atoms with Gasteiger partial charge in [-0.3, -0.25) is 0 Å². The van der Waals surface area contributed by atoms with Crippen LogP contribution in [-0.2, 0) is 0 Å².